The van der Waals surface area contributed by atoms with Gasteiger partial charge in [-0.15, -0.1) is 0 Å². The molecule has 3 rings (SSSR count). The second kappa shape index (κ2) is 5.85. The van der Waals surface area contributed by atoms with Crippen molar-refractivity contribution in [2.24, 2.45) is 5.41 Å². The van der Waals surface area contributed by atoms with Crippen molar-refractivity contribution in [3.63, 3.8) is 0 Å². The van der Waals surface area contributed by atoms with Gasteiger partial charge in [-0.05, 0) is 17.0 Å². The molecule has 0 saturated carbocycles. The quantitative estimate of drug-likeness (QED) is 0.736. The Bertz CT molecular complexity index is 864. The third kappa shape index (κ3) is 3.40. The minimum absolute atomic E-state index is 0.120. The van der Waals surface area contributed by atoms with Crippen LogP contribution >= 0.6 is 0 Å². The minimum atomic E-state index is 0.120. The highest BCUT2D eigenvalue weighted by atomic mass is 15.1. The normalized spacial score (nSPS) is 11.6. The summed E-state index contributed by atoms with van der Waals surface area (Å²) in [5.74, 6) is 0.219. The van der Waals surface area contributed by atoms with Gasteiger partial charge in [-0.1, -0.05) is 51.1 Å². The van der Waals surface area contributed by atoms with Gasteiger partial charge in [-0.2, -0.15) is 5.26 Å². The van der Waals surface area contributed by atoms with Crippen molar-refractivity contribution in [2.45, 2.75) is 33.7 Å². The third-order valence-electron chi connectivity index (χ3n) is 3.68. The molecule has 0 radical (unpaired) electrons. The molecule has 0 bridgehead atoms. The van der Waals surface area contributed by atoms with Crippen LogP contribution in [0.5, 0.6) is 0 Å². The molecule has 2 aromatic heterocycles. The summed E-state index contributed by atoms with van der Waals surface area (Å²) in [5.41, 5.74) is 3.43. The smallest absolute Gasteiger partial charge is 0.234 e. The molecule has 0 saturated heterocycles. The second-order valence-electron chi connectivity index (χ2n) is 7.03. The molecule has 0 fully saturated rings. The first-order valence-electron chi connectivity index (χ1n) is 7.75. The van der Waals surface area contributed by atoms with Crippen LogP contribution in [0.2, 0.25) is 0 Å². The Morgan fingerprint density at radius 2 is 1.91 bits per heavy atom. The fourth-order valence-corrected chi connectivity index (χ4v) is 2.75. The predicted octanol–water partition coefficient (Wildman–Crippen LogP) is 3.94. The maximum Gasteiger partial charge on any atom is 0.234 e. The van der Waals surface area contributed by atoms with Gasteiger partial charge in [0.1, 0.15) is 11.7 Å². The maximum absolute atomic E-state index is 9.08. The zero-order chi connectivity index (χ0) is 16.4. The van der Waals surface area contributed by atoms with E-state index in [1.165, 1.54) is 11.3 Å². The molecule has 0 unspecified atom stereocenters. The lowest BCUT2D eigenvalue weighted by Crippen LogP contribution is -2.18. The van der Waals surface area contributed by atoms with Gasteiger partial charge in [0.2, 0.25) is 5.82 Å². The van der Waals surface area contributed by atoms with Crippen molar-refractivity contribution in [1.29, 1.82) is 5.26 Å². The average molecular weight is 304 g/mol. The molecule has 0 aliphatic rings. The van der Waals surface area contributed by atoms with Crippen molar-refractivity contribution in [1.82, 2.24) is 14.5 Å². The van der Waals surface area contributed by atoms with E-state index in [0.717, 1.165) is 24.0 Å². The summed E-state index contributed by atoms with van der Waals surface area (Å²) < 4.78 is 2.23. The van der Waals surface area contributed by atoms with Gasteiger partial charge >= 0.3 is 0 Å². The summed E-state index contributed by atoms with van der Waals surface area (Å²) in [6.45, 7) is 7.47. The Kier molecular flexibility index (Phi) is 3.87. The van der Waals surface area contributed by atoms with E-state index in [0.29, 0.717) is 0 Å². The first-order valence-corrected chi connectivity index (χ1v) is 7.75. The van der Waals surface area contributed by atoms with Gasteiger partial charge < -0.3 is 4.57 Å². The van der Waals surface area contributed by atoms with E-state index in [-0.39, 0.29) is 11.2 Å². The van der Waals surface area contributed by atoms with Gasteiger partial charge in [-0.25, -0.2) is 9.97 Å². The monoisotopic (exact) mass is 304 g/mol. The van der Waals surface area contributed by atoms with Crippen molar-refractivity contribution in [3.05, 3.63) is 59.7 Å². The second-order valence-corrected chi connectivity index (χ2v) is 7.03. The zero-order valence-electron chi connectivity index (χ0n) is 13.7. The van der Waals surface area contributed by atoms with Crippen LogP contribution in [0, 0.1) is 16.7 Å². The molecular weight excluding hydrogens is 284 g/mol. The van der Waals surface area contributed by atoms with Crippen LogP contribution < -0.4 is 0 Å². The summed E-state index contributed by atoms with van der Waals surface area (Å²) in [7, 11) is 0. The summed E-state index contributed by atoms with van der Waals surface area (Å²) >= 11 is 0. The molecule has 0 amide bonds. The molecular formula is C19H20N4. The van der Waals surface area contributed by atoms with Gasteiger partial charge in [0, 0.05) is 30.2 Å². The first-order chi connectivity index (χ1) is 11.0. The van der Waals surface area contributed by atoms with Crippen molar-refractivity contribution in [3.8, 4) is 6.07 Å². The molecule has 0 aliphatic heterocycles. The topological polar surface area (TPSA) is 54.5 Å². The zero-order valence-corrected chi connectivity index (χ0v) is 13.7. The largest absolute Gasteiger partial charge is 0.329 e. The Balaban J connectivity index is 2.12. The predicted molar refractivity (Wildman–Crippen MR) is 90.9 cm³/mol. The number of nitriles is 1. The van der Waals surface area contributed by atoms with Gasteiger partial charge in [0.15, 0.2) is 0 Å². The molecule has 23 heavy (non-hydrogen) atoms. The number of hydrogen-bond acceptors (Lipinski definition) is 3. The first kappa shape index (κ1) is 15.2. The van der Waals surface area contributed by atoms with Crippen LogP contribution in [-0.2, 0) is 13.0 Å². The van der Waals surface area contributed by atoms with E-state index < -0.39 is 0 Å². The van der Waals surface area contributed by atoms with E-state index >= 15 is 0 Å². The van der Waals surface area contributed by atoms with Crippen LogP contribution in [0.1, 0.15) is 37.9 Å². The molecule has 0 aliphatic carbocycles. The lowest BCUT2D eigenvalue weighted by Gasteiger charge is -2.21. The number of aromatic nitrogens is 3. The molecule has 3 aromatic rings. The fraction of sp³-hybridized carbons (Fsp3) is 0.316. The van der Waals surface area contributed by atoms with Crippen LogP contribution in [-0.4, -0.2) is 14.5 Å². The van der Waals surface area contributed by atoms with Gasteiger partial charge in [-0.3, -0.25) is 0 Å². The fourth-order valence-electron chi connectivity index (χ4n) is 2.75. The van der Waals surface area contributed by atoms with Crippen LogP contribution in [0.25, 0.3) is 11.0 Å². The number of fused-ring (bicyclic) bond motifs is 1. The SMILES string of the molecule is CC(C)(C)Cn1c(Cc2ccccc2)cc2cnc(C#N)nc21. The molecule has 0 spiro atoms. The summed E-state index contributed by atoms with van der Waals surface area (Å²) in [6.07, 6.45) is 2.59. The number of nitrogens with zero attached hydrogens (tertiary/aromatic N) is 4. The number of hydrogen-bond donors (Lipinski definition) is 0. The van der Waals surface area contributed by atoms with E-state index in [2.05, 4.69) is 65.6 Å². The van der Waals surface area contributed by atoms with Crippen molar-refractivity contribution in [2.75, 3.05) is 0 Å². The van der Waals surface area contributed by atoms with E-state index in [1.807, 2.05) is 12.1 Å². The summed E-state index contributed by atoms with van der Waals surface area (Å²) in [4.78, 5) is 8.53. The van der Waals surface area contributed by atoms with E-state index in [9.17, 15) is 0 Å². The molecule has 2 heterocycles. The molecule has 0 atom stereocenters. The maximum atomic E-state index is 9.08. The van der Waals surface area contributed by atoms with Crippen molar-refractivity contribution >= 4 is 11.0 Å². The number of rotatable bonds is 3. The summed E-state index contributed by atoms with van der Waals surface area (Å²) in [5, 5.41) is 10.1. The Morgan fingerprint density at radius 3 is 2.57 bits per heavy atom. The Hall–Kier alpha value is -2.67. The Labute approximate surface area is 136 Å². The molecule has 4 nitrogen and oxygen atoms in total. The highest BCUT2D eigenvalue weighted by Gasteiger charge is 2.18. The molecule has 116 valence electrons. The van der Waals surface area contributed by atoms with Crippen molar-refractivity contribution < 1.29 is 0 Å². The lowest BCUT2D eigenvalue weighted by atomic mass is 9.96. The van der Waals surface area contributed by atoms with Crippen LogP contribution in [0.4, 0.5) is 0 Å². The summed E-state index contributed by atoms with van der Waals surface area (Å²) in [6, 6.07) is 14.6. The van der Waals surface area contributed by atoms with E-state index in [4.69, 9.17) is 5.26 Å². The van der Waals surface area contributed by atoms with Gasteiger partial charge in [0.25, 0.3) is 0 Å². The lowest BCUT2D eigenvalue weighted by molar-refractivity contribution is 0.344. The molecule has 0 N–H and O–H groups in total. The third-order valence-corrected chi connectivity index (χ3v) is 3.68. The van der Waals surface area contributed by atoms with Crippen LogP contribution in [0.15, 0.2) is 42.6 Å². The Morgan fingerprint density at radius 1 is 1.17 bits per heavy atom. The van der Waals surface area contributed by atoms with Crippen LogP contribution in [0.3, 0.4) is 0 Å². The highest BCUT2D eigenvalue weighted by molar-refractivity contribution is 5.77. The highest BCUT2D eigenvalue weighted by Crippen LogP contribution is 2.25. The van der Waals surface area contributed by atoms with E-state index in [1.54, 1.807) is 6.20 Å². The van der Waals surface area contributed by atoms with Gasteiger partial charge in [0.05, 0.1) is 0 Å². The minimum Gasteiger partial charge on any atom is -0.329 e. The molecule has 1 aromatic carbocycles. The average Bonchev–Trinajstić information content (AvgIpc) is 2.83. The molecule has 4 heteroatoms. The number of benzene rings is 1. The standard InChI is InChI=1S/C19H20N4/c1-19(2,3)13-23-16(9-14-7-5-4-6-8-14)10-15-12-21-17(11-20)22-18(15)23/h4-8,10,12H,9,13H2,1-3H3.